The largest absolute Gasteiger partial charge is 0.496 e. The molecule has 0 amide bonds. The molecule has 1 atom stereocenters. The van der Waals surface area contributed by atoms with E-state index in [1.807, 2.05) is 24.3 Å². The van der Waals surface area contributed by atoms with Crippen molar-refractivity contribution in [1.82, 2.24) is 14.8 Å². The van der Waals surface area contributed by atoms with Crippen LogP contribution in [-0.4, -0.2) is 41.9 Å². The third kappa shape index (κ3) is 4.00. The second-order valence-corrected chi connectivity index (χ2v) is 9.02. The number of nitrogens with one attached hydrogen (secondary N) is 1. The summed E-state index contributed by atoms with van der Waals surface area (Å²) in [6.45, 7) is 0. The number of anilines is 1. The van der Waals surface area contributed by atoms with Crippen molar-refractivity contribution < 1.29 is 19.0 Å². The Labute approximate surface area is 202 Å². The molecule has 0 saturated carbocycles. The van der Waals surface area contributed by atoms with E-state index in [4.69, 9.17) is 24.3 Å². The number of allylic oxidation sites excluding steroid dienone is 2. The first kappa shape index (κ1) is 22.3. The Kier molecular flexibility index (Phi) is 6.19. The van der Waals surface area contributed by atoms with Gasteiger partial charge in [0.1, 0.15) is 11.8 Å². The molecule has 2 aliphatic rings. The first-order valence-electron chi connectivity index (χ1n) is 11.1. The third-order valence-electron chi connectivity index (χ3n) is 6.09. The smallest absolute Gasteiger partial charge is 0.227 e. The molecule has 1 unspecified atom stereocenters. The first-order valence-corrected chi connectivity index (χ1v) is 12.1. The quantitative estimate of drug-likeness (QED) is 0.493. The minimum Gasteiger partial charge on any atom is -0.496 e. The molecule has 9 heteroatoms. The zero-order valence-corrected chi connectivity index (χ0v) is 20.1. The summed E-state index contributed by atoms with van der Waals surface area (Å²) in [7, 11) is 4.78. The maximum atomic E-state index is 13.2. The monoisotopic (exact) mass is 478 g/mol. The zero-order valence-electron chi connectivity index (χ0n) is 19.3. The predicted molar refractivity (Wildman–Crippen MR) is 130 cm³/mol. The van der Waals surface area contributed by atoms with Crippen LogP contribution >= 0.6 is 11.8 Å². The lowest BCUT2D eigenvalue weighted by molar-refractivity contribution is -0.116. The summed E-state index contributed by atoms with van der Waals surface area (Å²) < 4.78 is 18.5. The van der Waals surface area contributed by atoms with Crippen molar-refractivity contribution in [3.05, 3.63) is 64.9 Å². The standard InChI is InChI=1S/C25H26N4O4S/c1-31-19-13-21(33-3)20(32-2)12-16(19)23-22-17(10-7-11-18(22)30)26-24-27-25(28-29(23)24)34-14-15-8-5-4-6-9-15/h4-6,8-9,12-13,23H,7,10-11,14H2,1-3H3,(H,26,27,28). The number of hydrogen-bond donors (Lipinski definition) is 1. The number of hydrogen-bond acceptors (Lipinski definition) is 8. The summed E-state index contributed by atoms with van der Waals surface area (Å²) in [5, 5.41) is 8.83. The van der Waals surface area contributed by atoms with Gasteiger partial charge in [-0.2, -0.15) is 4.98 Å². The van der Waals surface area contributed by atoms with Crippen molar-refractivity contribution in [2.75, 3.05) is 26.6 Å². The molecule has 2 aromatic carbocycles. The molecule has 3 aromatic rings. The highest BCUT2D eigenvalue weighted by Gasteiger charge is 2.38. The molecule has 8 nitrogen and oxygen atoms in total. The fraction of sp³-hybridized carbons (Fsp3) is 0.320. The van der Waals surface area contributed by atoms with Crippen LogP contribution in [0.4, 0.5) is 5.95 Å². The fourth-order valence-corrected chi connectivity index (χ4v) is 5.26. The number of nitrogens with zero attached hydrogens (tertiary/aromatic N) is 3. The van der Waals surface area contributed by atoms with Gasteiger partial charge in [-0.3, -0.25) is 4.79 Å². The first-order chi connectivity index (χ1) is 16.6. The van der Waals surface area contributed by atoms with Crippen LogP contribution in [0.25, 0.3) is 0 Å². The van der Waals surface area contributed by atoms with E-state index >= 15 is 0 Å². The van der Waals surface area contributed by atoms with E-state index in [1.54, 1.807) is 43.8 Å². The summed E-state index contributed by atoms with van der Waals surface area (Å²) in [6.07, 6.45) is 2.10. The van der Waals surface area contributed by atoms with Crippen molar-refractivity contribution in [2.24, 2.45) is 0 Å². The minimum absolute atomic E-state index is 0.107. The summed E-state index contributed by atoms with van der Waals surface area (Å²) in [6, 6.07) is 13.4. The number of rotatable bonds is 7. The number of methoxy groups -OCH3 is 3. The lowest BCUT2D eigenvalue weighted by Gasteiger charge is -2.33. The Morgan fingerprint density at radius 2 is 1.76 bits per heavy atom. The van der Waals surface area contributed by atoms with Crippen molar-refractivity contribution >= 4 is 23.5 Å². The molecule has 0 bridgehead atoms. The molecule has 176 valence electrons. The van der Waals surface area contributed by atoms with E-state index in [0.29, 0.717) is 40.3 Å². The van der Waals surface area contributed by atoms with Crippen LogP contribution in [-0.2, 0) is 10.5 Å². The van der Waals surface area contributed by atoms with Crippen molar-refractivity contribution in [1.29, 1.82) is 0 Å². The second kappa shape index (κ2) is 9.42. The predicted octanol–water partition coefficient (Wildman–Crippen LogP) is 4.62. The maximum Gasteiger partial charge on any atom is 0.227 e. The maximum absolute atomic E-state index is 13.2. The van der Waals surface area contributed by atoms with Crippen LogP contribution in [0.1, 0.15) is 36.4 Å². The third-order valence-corrected chi connectivity index (χ3v) is 7.00. The second-order valence-electron chi connectivity index (χ2n) is 8.08. The van der Waals surface area contributed by atoms with E-state index in [-0.39, 0.29) is 5.78 Å². The van der Waals surface area contributed by atoms with Crippen LogP contribution in [0.5, 0.6) is 17.2 Å². The molecule has 0 saturated heterocycles. The Hall–Kier alpha value is -3.46. The van der Waals surface area contributed by atoms with Crippen molar-refractivity contribution in [3.63, 3.8) is 0 Å². The number of benzene rings is 2. The van der Waals surface area contributed by atoms with E-state index in [1.165, 1.54) is 5.56 Å². The highest BCUT2D eigenvalue weighted by Crippen LogP contribution is 2.46. The van der Waals surface area contributed by atoms with E-state index < -0.39 is 6.04 Å². The van der Waals surface area contributed by atoms with Gasteiger partial charge >= 0.3 is 0 Å². The number of ether oxygens (including phenoxy) is 3. The summed E-state index contributed by atoms with van der Waals surface area (Å²) in [4.78, 5) is 17.9. The Bertz CT molecular complexity index is 1260. The van der Waals surface area contributed by atoms with Gasteiger partial charge in [-0.1, -0.05) is 42.1 Å². The molecule has 34 heavy (non-hydrogen) atoms. The molecule has 0 radical (unpaired) electrons. The fourth-order valence-electron chi connectivity index (χ4n) is 4.47. The van der Waals surface area contributed by atoms with Crippen molar-refractivity contribution in [2.45, 2.75) is 36.2 Å². The van der Waals surface area contributed by atoms with Crippen molar-refractivity contribution in [3.8, 4) is 17.2 Å². The molecule has 1 N–H and O–H groups in total. The lowest BCUT2D eigenvalue weighted by Crippen LogP contribution is -2.31. The highest BCUT2D eigenvalue weighted by molar-refractivity contribution is 7.98. The van der Waals surface area contributed by atoms with Crippen LogP contribution in [0.2, 0.25) is 0 Å². The number of Topliss-reactive ketones (excluding diaryl/α,β-unsaturated/α-hetero) is 1. The van der Waals surface area contributed by atoms with Gasteiger partial charge in [0.2, 0.25) is 11.1 Å². The molecule has 5 rings (SSSR count). The highest BCUT2D eigenvalue weighted by atomic mass is 32.2. The number of carbonyl (C=O) groups excluding carboxylic acids is 1. The van der Waals surface area contributed by atoms with E-state index in [0.717, 1.165) is 29.9 Å². The summed E-state index contributed by atoms with van der Waals surface area (Å²) in [5.41, 5.74) is 3.57. The normalized spacial score (nSPS) is 17.0. The lowest BCUT2D eigenvalue weighted by atomic mass is 9.85. The van der Waals surface area contributed by atoms with E-state index in [9.17, 15) is 4.79 Å². The summed E-state index contributed by atoms with van der Waals surface area (Å²) >= 11 is 1.56. The summed E-state index contributed by atoms with van der Waals surface area (Å²) in [5.74, 6) is 3.18. The number of aromatic nitrogens is 3. The van der Waals surface area contributed by atoms with Gasteiger partial charge in [-0.05, 0) is 24.5 Å². The number of carbonyl (C=O) groups is 1. The number of thioether (sulfide) groups is 1. The molecule has 1 aliphatic carbocycles. The minimum atomic E-state index is -0.479. The average molecular weight is 479 g/mol. The van der Waals surface area contributed by atoms with Gasteiger partial charge in [-0.15, -0.1) is 5.10 Å². The Morgan fingerprint density at radius 1 is 1.03 bits per heavy atom. The van der Waals surface area contributed by atoms with Crippen LogP contribution < -0.4 is 19.5 Å². The zero-order chi connectivity index (χ0) is 23.7. The van der Waals surface area contributed by atoms with Gasteiger partial charge in [0.05, 0.1) is 21.3 Å². The molecule has 0 fully saturated rings. The molecule has 1 aliphatic heterocycles. The molecular formula is C25H26N4O4S. The number of ketones is 1. The molecule has 0 spiro atoms. The Morgan fingerprint density at radius 3 is 2.50 bits per heavy atom. The van der Waals surface area contributed by atoms with Gasteiger partial charge in [0.15, 0.2) is 17.3 Å². The van der Waals surface area contributed by atoms with Crippen LogP contribution in [0.15, 0.2) is 58.9 Å². The van der Waals surface area contributed by atoms with Crippen LogP contribution in [0, 0.1) is 0 Å². The van der Waals surface area contributed by atoms with Gasteiger partial charge in [0.25, 0.3) is 0 Å². The van der Waals surface area contributed by atoms with Gasteiger partial charge < -0.3 is 19.5 Å². The van der Waals surface area contributed by atoms with E-state index in [2.05, 4.69) is 17.4 Å². The van der Waals surface area contributed by atoms with Gasteiger partial charge in [-0.25, -0.2) is 4.68 Å². The average Bonchev–Trinajstić information content (AvgIpc) is 3.28. The molecular weight excluding hydrogens is 452 g/mol. The topological polar surface area (TPSA) is 87.5 Å². The number of fused-ring (bicyclic) bond motifs is 1. The SMILES string of the molecule is COc1cc(OC)c(C2C3=C(CCCC3=O)Nc3nc(SCc4ccccc4)nn32)cc1OC. The van der Waals surface area contributed by atoms with Crippen LogP contribution in [0.3, 0.4) is 0 Å². The van der Waals surface area contributed by atoms with Gasteiger partial charge in [0, 0.05) is 35.1 Å². The molecule has 2 heterocycles. The molecule has 1 aromatic heterocycles. The Balaban J connectivity index is 1.60.